The minimum atomic E-state index is -1.67. The maximum absolute atomic E-state index is 11.3. The number of alkyl halides is 3. The van der Waals surface area contributed by atoms with Gasteiger partial charge in [-0.3, -0.25) is 0 Å². The highest BCUT2D eigenvalue weighted by atomic mass is 35.6. The lowest BCUT2D eigenvalue weighted by molar-refractivity contribution is -0.140. The fourth-order valence-corrected chi connectivity index (χ4v) is 1.78. The Labute approximate surface area is 147 Å². The zero-order valence-electron chi connectivity index (χ0n) is 12.8. The first-order chi connectivity index (χ1) is 10.3. The van der Waals surface area contributed by atoms with Crippen LogP contribution in [0.15, 0.2) is 12.2 Å². The molecule has 0 radical (unpaired) electrons. The van der Waals surface area contributed by atoms with Crippen LogP contribution in [0, 0.1) is 0 Å². The Hall–Kier alpha value is -0.450. The number of ether oxygens (including phenoxy) is 2. The van der Waals surface area contributed by atoms with E-state index in [9.17, 15) is 9.59 Å². The van der Waals surface area contributed by atoms with Gasteiger partial charge in [0.05, 0.1) is 6.61 Å². The molecule has 0 saturated carbocycles. The van der Waals surface area contributed by atoms with Crippen molar-refractivity contribution in [2.45, 2.75) is 55.7 Å². The predicted octanol–water partition coefficient (Wildman–Crippen LogP) is 4.75. The van der Waals surface area contributed by atoms with Gasteiger partial charge in [-0.05, 0) is 6.42 Å². The third-order valence-corrected chi connectivity index (χ3v) is 3.05. The number of carbonyl (C=O) groups excluding carboxylic acids is 2. The van der Waals surface area contributed by atoms with Crippen LogP contribution in [0.2, 0.25) is 0 Å². The van der Waals surface area contributed by atoms with Gasteiger partial charge in [-0.1, -0.05) is 80.3 Å². The van der Waals surface area contributed by atoms with Gasteiger partial charge in [-0.15, -0.1) is 0 Å². The highest BCUT2D eigenvalue weighted by Crippen LogP contribution is 2.25. The molecule has 0 heterocycles. The summed E-state index contributed by atoms with van der Waals surface area (Å²) < 4.78 is 7.91. The molecule has 0 aliphatic carbocycles. The van der Waals surface area contributed by atoms with Crippen molar-refractivity contribution in [1.82, 2.24) is 0 Å². The molecule has 0 aliphatic rings. The molecule has 0 aromatic rings. The van der Waals surface area contributed by atoms with Crippen LogP contribution in [0.5, 0.6) is 0 Å². The van der Waals surface area contributed by atoms with E-state index in [1.807, 2.05) is 0 Å². The first-order valence-electron chi connectivity index (χ1n) is 7.43. The van der Waals surface area contributed by atoms with Crippen molar-refractivity contribution >= 4 is 46.7 Å². The Balaban J connectivity index is 3.60. The van der Waals surface area contributed by atoms with E-state index in [0.29, 0.717) is 6.61 Å². The Morgan fingerprint density at radius 1 is 0.864 bits per heavy atom. The Morgan fingerprint density at radius 3 is 1.91 bits per heavy atom. The second-order valence-corrected chi connectivity index (χ2v) is 7.36. The SMILES string of the molecule is CCCCCCCCCOC(=O)/C=C/C(=O)OCC(Cl)(Cl)Cl. The lowest BCUT2D eigenvalue weighted by Crippen LogP contribution is -2.16. The van der Waals surface area contributed by atoms with Crippen LogP contribution >= 0.6 is 34.8 Å². The van der Waals surface area contributed by atoms with E-state index in [4.69, 9.17) is 39.5 Å². The Kier molecular flexibility index (Phi) is 12.8. The van der Waals surface area contributed by atoms with Crippen LogP contribution in [0.4, 0.5) is 0 Å². The molecule has 0 fully saturated rings. The molecule has 0 unspecified atom stereocenters. The standard InChI is InChI=1S/C15H23Cl3O4/c1-2-3-4-5-6-7-8-11-21-13(19)9-10-14(20)22-12-15(16,17)18/h9-10H,2-8,11-12H2,1H3/b10-9+. The van der Waals surface area contributed by atoms with Crippen LogP contribution in [0.3, 0.4) is 0 Å². The molecule has 0 bridgehead atoms. The molecule has 0 aliphatic heterocycles. The smallest absolute Gasteiger partial charge is 0.331 e. The Morgan fingerprint density at radius 2 is 1.36 bits per heavy atom. The quantitative estimate of drug-likeness (QED) is 0.227. The van der Waals surface area contributed by atoms with Gasteiger partial charge in [0.1, 0.15) is 6.61 Å². The van der Waals surface area contributed by atoms with E-state index in [1.54, 1.807) is 0 Å². The molecule has 0 spiro atoms. The largest absolute Gasteiger partial charge is 0.463 e. The highest BCUT2D eigenvalue weighted by molar-refractivity contribution is 6.67. The molecule has 0 aromatic heterocycles. The number of esters is 2. The first kappa shape index (κ1) is 21.6. The summed E-state index contributed by atoms with van der Waals surface area (Å²) >= 11 is 16.2. The molecule has 0 N–H and O–H groups in total. The molecule has 7 heteroatoms. The van der Waals surface area contributed by atoms with Gasteiger partial charge in [0.15, 0.2) is 0 Å². The normalized spacial score (nSPS) is 11.6. The van der Waals surface area contributed by atoms with E-state index in [-0.39, 0.29) is 6.61 Å². The van der Waals surface area contributed by atoms with Crippen molar-refractivity contribution in [3.63, 3.8) is 0 Å². The third kappa shape index (κ3) is 15.9. The Bertz CT molecular complexity index is 351. The van der Waals surface area contributed by atoms with Crippen LogP contribution in [-0.4, -0.2) is 28.9 Å². The van der Waals surface area contributed by atoms with Gasteiger partial charge in [0.25, 0.3) is 0 Å². The van der Waals surface area contributed by atoms with Crippen LogP contribution in [0.25, 0.3) is 0 Å². The van der Waals surface area contributed by atoms with Gasteiger partial charge in [-0.2, -0.15) is 0 Å². The molecular formula is C15H23Cl3O4. The third-order valence-electron chi connectivity index (χ3n) is 2.73. The molecule has 4 nitrogen and oxygen atoms in total. The van der Waals surface area contributed by atoms with Gasteiger partial charge < -0.3 is 9.47 Å². The summed E-state index contributed by atoms with van der Waals surface area (Å²) in [7, 11) is 0. The summed E-state index contributed by atoms with van der Waals surface area (Å²) in [5, 5.41) is 0. The number of hydrogen-bond acceptors (Lipinski definition) is 4. The summed E-state index contributed by atoms with van der Waals surface area (Å²) in [6.45, 7) is 2.15. The molecule has 128 valence electrons. The van der Waals surface area contributed by atoms with E-state index in [0.717, 1.165) is 31.4 Å². The first-order valence-corrected chi connectivity index (χ1v) is 8.57. The molecular weight excluding hydrogens is 351 g/mol. The summed E-state index contributed by atoms with van der Waals surface area (Å²) in [5.41, 5.74) is 0. The zero-order valence-corrected chi connectivity index (χ0v) is 15.1. The summed E-state index contributed by atoms with van der Waals surface area (Å²) in [6.07, 6.45) is 9.94. The van der Waals surface area contributed by atoms with Gasteiger partial charge in [0.2, 0.25) is 3.79 Å². The fraction of sp³-hybridized carbons (Fsp3) is 0.733. The minimum Gasteiger partial charge on any atom is -0.463 e. The van der Waals surface area contributed by atoms with Crippen molar-refractivity contribution in [1.29, 1.82) is 0 Å². The highest BCUT2D eigenvalue weighted by Gasteiger charge is 2.21. The summed E-state index contributed by atoms with van der Waals surface area (Å²) in [4.78, 5) is 22.5. The van der Waals surface area contributed by atoms with Crippen molar-refractivity contribution in [3.05, 3.63) is 12.2 Å². The van der Waals surface area contributed by atoms with Gasteiger partial charge in [0, 0.05) is 12.2 Å². The van der Waals surface area contributed by atoms with Crippen LogP contribution in [0.1, 0.15) is 51.9 Å². The average molecular weight is 374 g/mol. The van der Waals surface area contributed by atoms with E-state index in [1.165, 1.54) is 25.7 Å². The van der Waals surface area contributed by atoms with Crippen molar-refractivity contribution < 1.29 is 19.1 Å². The average Bonchev–Trinajstić information content (AvgIpc) is 2.45. The maximum Gasteiger partial charge on any atom is 0.331 e. The van der Waals surface area contributed by atoms with E-state index in [2.05, 4.69) is 11.7 Å². The second-order valence-electron chi connectivity index (χ2n) is 4.85. The molecule has 0 saturated heterocycles. The van der Waals surface area contributed by atoms with Gasteiger partial charge in [-0.25, -0.2) is 9.59 Å². The van der Waals surface area contributed by atoms with E-state index >= 15 is 0 Å². The number of hydrogen-bond donors (Lipinski definition) is 0. The fourth-order valence-electron chi connectivity index (χ4n) is 1.62. The number of unbranched alkanes of at least 4 members (excludes halogenated alkanes) is 6. The molecule has 22 heavy (non-hydrogen) atoms. The maximum atomic E-state index is 11.3. The van der Waals surface area contributed by atoms with Crippen molar-refractivity contribution in [2.75, 3.05) is 13.2 Å². The van der Waals surface area contributed by atoms with Crippen molar-refractivity contribution in [2.24, 2.45) is 0 Å². The molecule has 0 atom stereocenters. The molecule has 0 amide bonds. The number of carbonyl (C=O) groups is 2. The van der Waals surface area contributed by atoms with Crippen LogP contribution < -0.4 is 0 Å². The lowest BCUT2D eigenvalue weighted by atomic mass is 10.1. The van der Waals surface area contributed by atoms with E-state index < -0.39 is 15.7 Å². The second kappa shape index (κ2) is 13.0. The monoisotopic (exact) mass is 372 g/mol. The predicted molar refractivity (Wildman–Crippen MR) is 89.3 cm³/mol. The summed E-state index contributed by atoms with van der Waals surface area (Å²) in [6, 6.07) is 0. The topological polar surface area (TPSA) is 52.6 Å². The number of rotatable bonds is 11. The minimum absolute atomic E-state index is 0.347. The molecule has 0 aromatic carbocycles. The van der Waals surface area contributed by atoms with Crippen molar-refractivity contribution in [3.8, 4) is 0 Å². The lowest BCUT2D eigenvalue weighted by Gasteiger charge is -2.09. The van der Waals surface area contributed by atoms with Crippen LogP contribution in [-0.2, 0) is 19.1 Å². The number of halogens is 3. The zero-order chi connectivity index (χ0) is 16.8. The van der Waals surface area contributed by atoms with Gasteiger partial charge >= 0.3 is 11.9 Å². The summed E-state index contributed by atoms with van der Waals surface area (Å²) in [5.74, 6) is -1.35. The molecule has 0 rings (SSSR count).